The van der Waals surface area contributed by atoms with E-state index in [0.29, 0.717) is 17.4 Å². The Bertz CT molecular complexity index is 486. The maximum absolute atomic E-state index is 11.5. The van der Waals surface area contributed by atoms with Gasteiger partial charge < -0.3 is 14.8 Å². The summed E-state index contributed by atoms with van der Waals surface area (Å²) in [5.41, 5.74) is 0.332. The fourth-order valence-corrected chi connectivity index (χ4v) is 2.08. The van der Waals surface area contributed by atoms with E-state index in [1.807, 2.05) is 0 Å². The third-order valence-electron chi connectivity index (χ3n) is 3.08. The highest BCUT2D eigenvalue weighted by atomic mass is 16.5. The number of nitrogens with one attached hydrogen (secondary N) is 1. The Morgan fingerprint density at radius 1 is 1.37 bits per heavy atom. The Hall–Kier alpha value is -2.04. The number of aromatic nitrogens is 1. The van der Waals surface area contributed by atoms with Gasteiger partial charge >= 0.3 is 5.97 Å². The number of pyridine rings is 1. The van der Waals surface area contributed by atoms with Gasteiger partial charge in [-0.1, -0.05) is 12.2 Å². The third-order valence-corrected chi connectivity index (χ3v) is 3.08. The molecule has 0 aliphatic heterocycles. The average molecular weight is 262 g/mol. The van der Waals surface area contributed by atoms with Crippen LogP contribution in [0.3, 0.4) is 0 Å². The molecule has 0 bridgehead atoms. The summed E-state index contributed by atoms with van der Waals surface area (Å²) in [5.74, 6) is 0.546. The minimum absolute atomic E-state index is 0.281. The topological polar surface area (TPSA) is 60.5 Å². The molecule has 5 nitrogen and oxygen atoms in total. The van der Waals surface area contributed by atoms with E-state index in [9.17, 15) is 4.79 Å². The minimum atomic E-state index is -0.448. The maximum atomic E-state index is 11.5. The fourth-order valence-electron chi connectivity index (χ4n) is 2.08. The molecule has 0 radical (unpaired) electrons. The number of carbonyl (C=O) groups is 1. The van der Waals surface area contributed by atoms with E-state index in [2.05, 4.69) is 27.2 Å². The van der Waals surface area contributed by atoms with Crippen molar-refractivity contribution in [2.45, 2.75) is 25.3 Å². The van der Waals surface area contributed by atoms with Gasteiger partial charge in [-0.15, -0.1) is 0 Å². The van der Waals surface area contributed by atoms with Gasteiger partial charge in [-0.2, -0.15) is 4.98 Å². The van der Waals surface area contributed by atoms with Crippen molar-refractivity contribution < 1.29 is 14.3 Å². The Kier molecular flexibility index (Phi) is 4.39. The van der Waals surface area contributed by atoms with Gasteiger partial charge in [0, 0.05) is 6.04 Å². The van der Waals surface area contributed by atoms with Crippen molar-refractivity contribution in [1.82, 2.24) is 4.98 Å². The van der Waals surface area contributed by atoms with E-state index < -0.39 is 5.97 Å². The van der Waals surface area contributed by atoms with Crippen molar-refractivity contribution in [3.05, 3.63) is 29.8 Å². The molecule has 0 fully saturated rings. The molecule has 1 aliphatic carbocycles. The van der Waals surface area contributed by atoms with Crippen molar-refractivity contribution in [2.75, 3.05) is 19.5 Å². The van der Waals surface area contributed by atoms with Crippen LogP contribution in [0.5, 0.6) is 5.88 Å². The number of carbonyl (C=O) groups excluding carboxylic acids is 1. The zero-order valence-electron chi connectivity index (χ0n) is 11.2. The minimum Gasteiger partial charge on any atom is -0.480 e. The van der Waals surface area contributed by atoms with Gasteiger partial charge in [0.15, 0.2) is 0 Å². The predicted molar refractivity (Wildman–Crippen MR) is 72.5 cm³/mol. The van der Waals surface area contributed by atoms with Crippen molar-refractivity contribution in [3.8, 4) is 5.88 Å². The number of hydrogen-bond acceptors (Lipinski definition) is 5. The van der Waals surface area contributed by atoms with Gasteiger partial charge in [-0.3, -0.25) is 0 Å². The first-order chi connectivity index (χ1) is 9.24. The van der Waals surface area contributed by atoms with Crippen LogP contribution < -0.4 is 10.1 Å². The highest BCUT2D eigenvalue weighted by Gasteiger charge is 2.16. The van der Waals surface area contributed by atoms with Crippen LogP contribution in [0, 0.1) is 0 Å². The zero-order valence-corrected chi connectivity index (χ0v) is 11.2. The van der Waals surface area contributed by atoms with Crippen molar-refractivity contribution in [3.63, 3.8) is 0 Å². The Morgan fingerprint density at radius 2 is 2.21 bits per heavy atom. The normalized spacial score (nSPS) is 17.9. The molecule has 0 saturated heterocycles. The van der Waals surface area contributed by atoms with Crippen molar-refractivity contribution in [1.29, 1.82) is 0 Å². The molecule has 1 N–H and O–H groups in total. The lowest BCUT2D eigenvalue weighted by atomic mass is 10.0. The molecule has 1 aliphatic rings. The molecule has 0 saturated carbocycles. The molecule has 19 heavy (non-hydrogen) atoms. The van der Waals surface area contributed by atoms with Gasteiger partial charge in [-0.25, -0.2) is 4.79 Å². The number of esters is 1. The van der Waals surface area contributed by atoms with Crippen LogP contribution in [0.25, 0.3) is 0 Å². The van der Waals surface area contributed by atoms with Gasteiger partial charge in [0.25, 0.3) is 0 Å². The monoisotopic (exact) mass is 262 g/mol. The number of rotatable bonds is 4. The van der Waals surface area contributed by atoms with E-state index in [-0.39, 0.29) is 5.88 Å². The van der Waals surface area contributed by atoms with E-state index >= 15 is 0 Å². The Balaban J connectivity index is 2.14. The molecule has 1 unspecified atom stereocenters. The average Bonchev–Trinajstić information content (AvgIpc) is 2.47. The second-order valence-electron chi connectivity index (χ2n) is 4.37. The molecule has 1 heterocycles. The van der Waals surface area contributed by atoms with Gasteiger partial charge in [0.05, 0.1) is 14.2 Å². The van der Waals surface area contributed by atoms with Crippen molar-refractivity contribution in [2.24, 2.45) is 0 Å². The number of anilines is 1. The molecular formula is C14H18N2O3. The summed E-state index contributed by atoms with van der Waals surface area (Å²) in [4.78, 5) is 15.8. The largest absolute Gasteiger partial charge is 0.480 e. The van der Waals surface area contributed by atoms with Gasteiger partial charge in [0.2, 0.25) is 5.88 Å². The van der Waals surface area contributed by atoms with Crippen LogP contribution in [0.15, 0.2) is 24.3 Å². The maximum Gasteiger partial charge on any atom is 0.343 e. The lowest BCUT2D eigenvalue weighted by Crippen LogP contribution is -2.21. The summed E-state index contributed by atoms with van der Waals surface area (Å²) >= 11 is 0. The van der Waals surface area contributed by atoms with E-state index in [1.54, 1.807) is 12.1 Å². The number of ether oxygens (including phenoxy) is 2. The highest BCUT2D eigenvalue weighted by molar-refractivity contribution is 5.92. The molecule has 0 amide bonds. The number of hydrogen-bond donors (Lipinski definition) is 1. The number of allylic oxidation sites excluding steroid dienone is 1. The summed E-state index contributed by atoms with van der Waals surface area (Å²) in [5, 5.41) is 3.35. The van der Waals surface area contributed by atoms with E-state index in [1.165, 1.54) is 14.2 Å². The van der Waals surface area contributed by atoms with E-state index in [0.717, 1.165) is 19.3 Å². The Labute approximate surface area is 112 Å². The smallest absolute Gasteiger partial charge is 0.343 e. The van der Waals surface area contributed by atoms with Gasteiger partial charge in [0.1, 0.15) is 11.4 Å². The standard InChI is InChI=1S/C14H18N2O3/c1-18-13-11(14(17)19-2)8-9-12(16-13)15-10-6-4-3-5-7-10/h3-4,8-10H,5-7H2,1-2H3,(H,15,16). The van der Waals surface area contributed by atoms with E-state index in [4.69, 9.17) is 4.74 Å². The lowest BCUT2D eigenvalue weighted by Gasteiger charge is -2.20. The lowest BCUT2D eigenvalue weighted by molar-refractivity contribution is 0.0596. The second-order valence-corrected chi connectivity index (χ2v) is 4.37. The Morgan fingerprint density at radius 3 is 2.84 bits per heavy atom. The van der Waals surface area contributed by atoms with Crippen LogP contribution in [-0.2, 0) is 4.74 Å². The molecule has 5 heteroatoms. The van der Waals surface area contributed by atoms with Crippen LogP contribution in [-0.4, -0.2) is 31.2 Å². The number of nitrogens with zero attached hydrogens (tertiary/aromatic N) is 1. The summed E-state index contributed by atoms with van der Waals surface area (Å²) in [7, 11) is 2.82. The molecule has 1 aromatic heterocycles. The fraction of sp³-hybridized carbons (Fsp3) is 0.429. The highest BCUT2D eigenvalue weighted by Crippen LogP contribution is 2.21. The molecule has 0 aromatic carbocycles. The van der Waals surface area contributed by atoms with Gasteiger partial charge in [-0.05, 0) is 31.4 Å². The molecule has 1 aromatic rings. The molecule has 2 rings (SSSR count). The van der Waals surface area contributed by atoms with Crippen molar-refractivity contribution >= 4 is 11.8 Å². The number of methoxy groups -OCH3 is 2. The summed E-state index contributed by atoms with van der Waals surface area (Å²) < 4.78 is 9.81. The molecule has 102 valence electrons. The summed E-state index contributed by atoms with van der Waals surface area (Å²) in [6.45, 7) is 0. The first kappa shape index (κ1) is 13.4. The quantitative estimate of drug-likeness (QED) is 0.667. The molecule has 0 spiro atoms. The van der Waals surface area contributed by atoms with Crippen LogP contribution >= 0.6 is 0 Å². The van der Waals surface area contributed by atoms with Crippen LogP contribution in [0.2, 0.25) is 0 Å². The molecule has 1 atom stereocenters. The van der Waals surface area contributed by atoms with Crippen LogP contribution in [0.1, 0.15) is 29.6 Å². The predicted octanol–water partition coefficient (Wildman–Crippen LogP) is 2.40. The first-order valence-corrected chi connectivity index (χ1v) is 6.29. The zero-order chi connectivity index (χ0) is 13.7. The summed E-state index contributed by atoms with van der Waals surface area (Å²) in [6, 6.07) is 3.82. The molecular weight excluding hydrogens is 244 g/mol. The van der Waals surface area contributed by atoms with Crippen LogP contribution in [0.4, 0.5) is 5.82 Å². The SMILES string of the molecule is COC(=O)c1ccc(NC2CC=CCC2)nc1OC. The first-order valence-electron chi connectivity index (χ1n) is 6.29. The third kappa shape index (κ3) is 3.24. The summed E-state index contributed by atoms with van der Waals surface area (Å²) in [6.07, 6.45) is 7.50. The second kappa shape index (κ2) is 6.22.